The van der Waals surface area contributed by atoms with Gasteiger partial charge in [-0.05, 0) is 35.0 Å². The summed E-state index contributed by atoms with van der Waals surface area (Å²) in [5.74, 6) is 0.540. The van der Waals surface area contributed by atoms with E-state index >= 15 is 0 Å². The van der Waals surface area contributed by atoms with Crippen LogP contribution in [0.1, 0.15) is 5.56 Å². The molecule has 2 aromatic carbocycles. The average molecular weight is 381 g/mol. The maximum atomic E-state index is 11.3. The topological polar surface area (TPSA) is 129 Å². The molecule has 0 saturated carbocycles. The summed E-state index contributed by atoms with van der Waals surface area (Å²) < 4.78 is 24.3. The molecule has 0 aliphatic heterocycles. The molecule has 0 saturated heterocycles. The van der Waals surface area contributed by atoms with Crippen molar-refractivity contribution in [1.29, 1.82) is 0 Å². The zero-order valence-electron chi connectivity index (χ0n) is 14.0. The van der Waals surface area contributed by atoms with Gasteiger partial charge in [-0.2, -0.15) is 5.10 Å². The first-order valence-corrected chi connectivity index (χ1v) is 9.55. The molecule has 0 aliphatic rings. The van der Waals surface area contributed by atoms with Crippen LogP contribution in [0.15, 0.2) is 65.7 Å². The van der Waals surface area contributed by atoms with Crippen molar-refractivity contribution in [3.05, 3.63) is 66.4 Å². The number of nitrogens with zero attached hydrogens (tertiary/aromatic N) is 5. The predicted octanol–water partition coefficient (Wildman–Crippen LogP) is 1.47. The van der Waals surface area contributed by atoms with Crippen LogP contribution in [0.4, 0.5) is 5.82 Å². The Kier molecular flexibility index (Phi) is 4.26. The largest absolute Gasteiger partial charge is 0.364 e. The molecule has 27 heavy (non-hydrogen) atoms. The molecule has 0 fully saturated rings. The van der Waals surface area contributed by atoms with Gasteiger partial charge in [0.1, 0.15) is 0 Å². The molecule has 9 nitrogen and oxygen atoms in total. The third-order valence-electron chi connectivity index (χ3n) is 4.00. The maximum Gasteiger partial charge on any atom is 0.238 e. The van der Waals surface area contributed by atoms with Crippen LogP contribution in [0.5, 0.6) is 0 Å². The van der Waals surface area contributed by atoms with Crippen molar-refractivity contribution < 1.29 is 8.42 Å². The molecule has 0 radical (unpaired) electrons. The number of benzene rings is 2. The van der Waals surface area contributed by atoms with Crippen molar-refractivity contribution in [3.8, 4) is 5.69 Å². The van der Waals surface area contributed by atoms with E-state index in [0.717, 1.165) is 16.6 Å². The fraction of sp³-hybridized carbons (Fsp3) is 0.0588. The third kappa shape index (κ3) is 3.48. The molecule has 3 N–H and O–H groups in total. The van der Waals surface area contributed by atoms with E-state index in [-0.39, 0.29) is 4.90 Å². The molecule has 4 rings (SSSR count). The zero-order valence-corrected chi connectivity index (χ0v) is 14.8. The molecule has 0 atom stereocenters. The van der Waals surface area contributed by atoms with Gasteiger partial charge in [0.05, 0.1) is 22.2 Å². The SMILES string of the molecule is NS(=O)(=O)c1ccc(CNc2nnnc3c2cnn3-c2ccccc2)cc1. The van der Waals surface area contributed by atoms with Gasteiger partial charge in [0.15, 0.2) is 11.5 Å². The van der Waals surface area contributed by atoms with Crippen molar-refractivity contribution in [3.63, 3.8) is 0 Å². The van der Waals surface area contributed by atoms with Gasteiger partial charge in [0, 0.05) is 6.54 Å². The quantitative estimate of drug-likeness (QED) is 0.535. The molecule has 0 aliphatic carbocycles. The second-order valence-electron chi connectivity index (χ2n) is 5.81. The molecule has 10 heteroatoms. The van der Waals surface area contributed by atoms with Crippen molar-refractivity contribution in [2.24, 2.45) is 5.14 Å². The van der Waals surface area contributed by atoms with Gasteiger partial charge in [-0.1, -0.05) is 30.3 Å². The summed E-state index contributed by atoms with van der Waals surface area (Å²) in [6.45, 7) is 0.426. The number of para-hydroxylation sites is 1. The Labute approximate surface area is 154 Å². The summed E-state index contributed by atoms with van der Waals surface area (Å²) in [5.41, 5.74) is 2.32. The van der Waals surface area contributed by atoms with E-state index in [1.54, 1.807) is 23.0 Å². The minimum absolute atomic E-state index is 0.0708. The molecule has 136 valence electrons. The molecule has 2 heterocycles. The molecule has 0 unspecified atom stereocenters. The van der Waals surface area contributed by atoms with E-state index < -0.39 is 10.0 Å². The summed E-state index contributed by atoms with van der Waals surface area (Å²) in [4.78, 5) is 0.0708. The minimum atomic E-state index is -3.70. The Morgan fingerprint density at radius 3 is 2.44 bits per heavy atom. The number of nitrogens with two attached hydrogens (primary N) is 1. The number of fused-ring (bicyclic) bond motifs is 1. The Bertz CT molecular complexity index is 1190. The highest BCUT2D eigenvalue weighted by molar-refractivity contribution is 7.89. The second kappa shape index (κ2) is 6.74. The molecular weight excluding hydrogens is 366 g/mol. The van der Waals surface area contributed by atoms with Crippen LogP contribution in [0, 0.1) is 0 Å². The van der Waals surface area contributed by atoms with Crippen molar-refractivity contribution >= 4 is 26.9 Å². The molecule has 0 spiro atoms. The highest BCUT2D eigenvalue weighted by atomic mass is 32.2. The normalized spacial score (nSPS) is 11.6. The Morgan fingerprint density at radius 1 is 1.00 bits per heavy atom. The van der Waals surface area contributed by atoms with E-state index in [0.29, 0.717) is 18.0 Å². The van der Waals surface area contributed by atoms with Crippen LogP contribution in [0.2, 0.25) is 0 Å². The van der Waals surface area contributed by atoms with E-state index in [1.165, 1.54) is 12.1 Å². The van der Waals surface area contributed by atoms with Gasteiger partial charge >= 0.3 is 0 Å². The highest BCUT2D eigenvalue weighted by Crippen LogP contribution is 2.21. The van der Waals surface area contributed by atoms with Crippen LogP contribution in [0.25, 0.3) is 16.7 Å². The first-order chi connectivity index (χ1) is 13.0. The van der Waals surface area contributed by atoms with Gasteiger partial charge < -0.3 is 5.32 Å². The number of sulfonamides is 1. The number of nitrogens with one attached hydrogen (secondary N) is 1. The van der Waals surface area contributed by atoms with Crippen LogP contribution >= 0.6 is 0 Å². The van der Waals surface area contributed by atoms with Gasteiger partial charge in [0.2, 0.25) is 10.0 Å². The van der Waals surface area contributed by atoms with Crippen LogP contribution in [0.3, 0.4) is 0 Å². The summed E-state index contributed by atoms with van der Waals surface area (Å²) in [7, 11) is -3.70. The van der Waals surface area contributed by atoms with Crippen molar-refractivity contribution in [2.45, 2.75) is 11.4 Å². The van der Waals surface area contributed by atoms with Gasteiger partial charge in [-0.3, -0.25) is 0 Å². The lowest BCUT2D eigenvalue weighted by molar-refractivity contribution is 0.598. The minimum Gasteiger partial charge on any atom is -0.364 e. The Morgan fingerprint density at radius 2 is 1.74 bits per heavy atom. The predicted molar refractivity (Wildman–Crippen MR) is 99.6 cm³/mol. The molecule has 2 aromatic heterocycles. The lowest BCUT2D eigenvalue weighted by atomic mass is 10.2. The smallest absolute Gasteiger partial charge is 0.238 e. The third-order valence-corrected chi connectivity index (χ3v) is 4.92. The number of rotatable bonds is 5. The Balaban J connectivity index is 1.59. The van der Waals surface area contributed by atoms with Crippen molar-refractivity contribution in [2.75, 3.05) is 5.32 Å². The molecule has 4 aromatic rings. The monoisotopic (exact) mass is 381 g/mol. The first kappa shape index (κ1) is 17.1. The summed E-state index contributed by atoms with van der Waals surface area (Å²) >= 11 is 0. The molecule has 0 bridgehead atoms. The van der Waals surface area contributed by atoms with Crippen molar-refractivity contribution in [1.82, 2.24) is 25.2 Å². The summed E-state index contributed by atoms with van der Waals surface area (Å²) in [6, 6.07) is 15.9. The van der Waals surface area contributed by atoms with Crippen LogP contribution in [-0.2, 0) is 16.6 Å². The molecular formula is C17H15N7O2S. The highest BCUT2D eigenvalue weighted by Gasteiger charge is 2.12. The summed E-state index contributed by atoms with van der Waals surface area (Å²) in [5, 5.41) is 25.3. The lowest BCUT2D eigenvalue weighted by Crippen LogP contribution is -2.12. The van der Waals surface area contributed by atoms with Gasteiger partial charge in [-0.15, -0.1) is 10.2 Å². The van der Waals surface area contributed by atoms with E-state index in [1.807, 2.05) is 30.3 Å². The Hall–Kier alpha value is -3.37. The zero-order chi connectivity index (χ0) is 18.9. The molecule has 0 amide bonds. The standard InChI is InChI=1S/C17H15N7O2S/c18-27(25,26)14-8-6-12(7-9-14)10-19-16-15-11-20-24(17(15)22-23-21-16)13-4-2-1-3-5-13/h1-9,11H,10H2,(H2,18,25,26)(H,19,21,22). The first-order valence-electron chi connectivity index (χ1n) is 8.00. The van der Waals surface area contributed by atoms with E-state index in [9.17, 15) is 8.42 Å². The average Bonchev–Trinajstić information content (AvgIpc) is 3.11. The number of primary sulfonamides is 1. The maximum absolute atomic E-state index is 11.3. The van der Waals surface area contributed by atoms with E-state index in [4.69, 9.17) is 5.14 Å². The second-order valence-corrected chi connectivity index (χ2v) is 7.37. The number of hydrogen-bond donors (Lipinski definition) is 2. The van der Waals surface area contributed by atoms with Crippen LogP contribution < -0.4 is 10.5 Å². The van der Waals surface area contributed by atoms with Gasteiger partial charge in [-0.25, -0.2) is 18.2 Å². The fourth-order valence-corrected chi connectivity index (χ4v) is 3.16. The number of hydrogen-bond acceptors (Lipinski definition) is 7. The number of aromatic nitrogens is 5. The lowest BCUT2D eigenvalue weighted by Gasteiger charge is -2.07. The van der Waals surface area contributed by atoms with Crippen LogP contribution in [-0.4, -0.2) is 33.6 Å². The van der Waals surface area contributed by atoms with Gasteiger partial charge in [0.25, 0.3) is 0 Å². The number of anilines is 1. The summed E-state index contributed by atoms with van der Waals surface area (Å²) in [6.07, 6.45) is 1.68. The fourth-order valence-electron chi connectivity index (χ4n) is 2.64. The van der Waals surface area contributed by atoms with E-state index in [2.05, 4.69) is 25.8 Å².